The van der Waals surface area contributed by atoms with E-state index in [1.807, 2.05) is 24.3 Å². The Morgan fingerprint density at radius 1 is 1.33 bits per heavy atom. The molecule has 3 aromatic heterocycles. The van der Waals surface area contributed by atoms with Gasteiger partial charge < -0.3 is 4.52 Å². The third kappa shape index (κ3) is 2.52. The molecule has 0 aliphatic heterocycles. The van der Waals surface area contributed by atoms with Crippen molar-refractivity contribution in [2.45, 2.75) is 6.54 Å². The van der Waals surface area contributed by atoms with Crippen LogP contribution < -0.4 is 5.56 Å². The molecule has 0 aliphatic rings. The van der Waals surface area contributed by atoms with Crippen molar-refractivity contribution in [2.75, 3.05) is 0 Å². The summed E-state index contributed by atoms with van der Waals surface area (Å²) in [6, 6.07) is 7.58. The van der Waals surface area contributed by atoms with Crippen molar-refractivity contribution >= 4 is 27.0 Å². The lowest BCUT2D eigenvalue weighted by atomic mass is 10.2. The van der Waals surface area contributed by atoms with Crippen LogP contribution in [0.1, 0.15) is 5.89 Å². The van der Waals surface area contributed by atoms with Gasteiger partial charge in [-0.15, -0.1) is 0 Å². The van der Waals surface area contributed by atoms with Crippen LogP contribution in [0.2, 0.25) is 0 Å². The highest BCUT2D eigenvalue weighted by Gasteiger charge is 2.13. The molecule has 4 rings (SSSR count). The molecule has 0 amide bonds. The Kier molecular flexibility index (Phi) is 3.49. The molecule has 0 bridgehead atoms. The molecule has 0 fully saturated rings. The summed E-state index contributed by atoms with van der Waals surface area (Å²) < 4.78 is 9.15. The van der Waals surface area contributed by atoms with E-state index < -0.39 is 0 Å². The third-order valence-corrected chi connectivity index (χ3v) is 4.07. The Bertz CT molecular complexity index is 1100. The SMILES string of the molecule is Cn1ncc2c(=O)n(Cc3nc(-c4cccc(Br)c4)no3)cnc21. The van der Waals surface area contributed by atoms with Crippen molar-refractivity contribution in [2.24, 2.45) is 7.05 Å². The fourth-order valence-corrected chi connectivity index (χ4v) is 2.79. The molecule has 0 radical (unpaired) electrons. The van der Waals surface area contributed by atoms with Gasteiger partial charge in [-0.2, -0.15) is 10.1 Å². The zero-order valence-electron chi connectivity index (χ0n) is 12.5. The van der Waals surface area contributed by atoms with Crippen LogP contribution in [0.15, 0.2) is 50.6 Å². The number of aromatic nitrogens is 6. The molecule has 4 aromatic rings. The lowest BCUT2D eigenvalue weighted by Crippen LogP contribution is -2.21. The van der Waals surface area contributed by atoms with Crippen molar-refractivity contribution in [1.82, 2.24) is 29.5 Å². The van der Waals surface area contributed by atoms with E-state index in [0.29, 0.717) is 22.7 Å². The van der Waals surface area contributed by atoms with Crippen molar-refractivity contribution in [3.05, 3.63) is 57.5 Å². The molecule has 24 heavy (non-hydrogen) atoms. The van der Waals surface area contributed by atoms with E-state index >= 15 is 0 Å². The first-order chi connectivity index (χ1) is 11.6. The molecular weight excluding hydrogens is 376 g/mol. The first kappa shape index (κ1) is 14.8. The van der Waals surface area contributed by atoms with Gasteiger partial charge in [0.1, 0.15) is 18.3 Å². The van der Waals surface area contributed by atoms with Gasteiger partial charge in [-0.3, -0.25) is 14.0 Å². The summed E-state index contributed by atoms with van der Waals surface area (Å²) in [5, 5.41) is 8.45. The van der Waals surface area contributed by atoms with Gasteiger partial charge in [-0.05, 0) is 12.1 Å². The Hall–Kier alpha value is -2.81. The minimum absolute atomic E-state index is 0.150. The molecule has 9 heteroatoms. The summed E-state index contributed by atoms with van der Waals surface area (Å²) in [6.07, 6.45) is 2.96. The van der Waals surface area contributed by atoms with Crippen LogP contribution in [0.3, 0.4) is 0 Å². The molecule has 0 saturated heterocycles. The molecule has 120 valence electrons. The summed E-state index contributed by atoms with van der Waals surface area (Å²) in [7, 11) is 1.74. The van der Waals surface area contributed by atoms with Crippen LogP contribution in [0, 0.1) is 0 Å². The van der Waals surface area contributed by atoms with Crippen LogP contribution in [-0.4, -0.2) is 29.5 Å². The van der Waals surface area contributed by atoms with E-state index in [0.717, 1.165) is 10.0 Å². The minimum Gasteiger partial charge on any atom is -0.337 e. The molecule has 0 unspecified atom stereocenters. The minimum atomic E-state index is -0.199. The van der Waals surface area contributed by atoms with Gasteiger partial charge in [0.2, 0.25) is 11.7 Å². The molecule has 3 heterocycles. The molecule has 0 N–H and O–H groups in total. The summed E-state index contributed by atoms with van der Waals surface area (Å²) in [5.74, 6) is 0.798. The van der Waals surface area contributed by atoms with E-state index in [2.05, 4.69) is 36.2 Å². The Balaban J connectivity index is 1.67. The molecule has 1 aromatic carbocycles. The number of fused-ring (bicyclic) bond motifs is 1. The maximum Gasteiger partial charge on any atom is 0.264 e. The van der Waals surface area contributed by atoms with Crippen molar-refractivity contribution in [3.8, 4) is 11.4 Å². The van der Waals surface area contributed by atoms with Crippen LogP contribution >= 0.6 is 15.9 Å². The number of hydrogen-bond donors (Lipinski definition) is 0. The van der Waals surface area contributed by atoms with E-state index in [4.69, 9.17) is 4.52 Å². The lowest BCUT2D eigenvalue weighted by molar-refractivity contribution is 0.369. The predicted molar refractivity (Wildman–Crippen MR) is 89.3 cm³/mol. The molecule has 0 saturated carbocycles. The van der Waals surface area contributed by atoms with E-state index in [-0.39, 0.29) is 12.1 Å². The van der Waals surface area contributed by atoms with Crippen LogP contribution in [-0.2, 0) is 13.6 Å². The van der Waals surface area contributed by atoms with Crippen LogP contribution in [0.5, 0.6) is 0 Å². The zero-order valence-corrected chi connectivity index (χ0v) is 14.1. The van der Waals surface area contributed by atoms with Gasteiger partial charge in [0.05, 0.1) is 6.20 Å². The Morgan fingerprint density at radius 3 is 3.04 bits per heavy atom. The van der Waals surface area contributed by atoms with Crippen LogP contribution in [0.25, 0.3) is 22.4 Å². The van der Waals surface area contributed by atoms with Gasteiger partial charge in [0.15, 0.2) is 5.65 Å². The number of halogens is 1. The Labute approximate surface area is 143 Å². The van der Waals surface area contributed by atoms with E-state index in [1.165, 1.54) is 17.1 Å². The quantitative estimate of drug-likeness (QED) is 0.534. The number of aryl methyl sites for hydroxylation is 1. The largest absolute Gasteiger partial charge is 0.337 e. The van der Waals surface area contributed by atoms with Gasteiger partial charge in [0.25, 0.3) is 5.56 Å². The first-order valence-electron chi connectivity index (χ1n) is 7.07. The molecule has 0 atom stereocenters. The highest BCUT2D eigenvalue weighted by Crippen LogP contribution is 2.20. The summed E-state index contributed by atoms with van der Waals surface area (Å²) in [6.45, 7) is 0.150. The predicted octanol–water partition coefficient (Wildman–Crippen LogP) is 1.99. The maximum atomic E-state index is 12.4. The monoisotopic (exact) mass is 386 g/mol. The standard InChI is InChI=1S/C15H11BrN6O2/c1-21-14-11(6-18-21)15(23)22(8-17-14)7-12-19-13(20-24-12)9-3-2-4-10(16)5-9/h2-6,8H,7H2,1H3. The van der Waals surface area contributed by atoms with Crippen molar-refractivity contribution < 1.29 is 4.52 Å². The summed E-state index contributed by atoms with van der Waals surface area (Å²) in [4.78, 5) is 21.0. The summed E-state index contributed by atoms with van der Waals surface area (Å²) in [5.41, 5.74) is 1.17. The molecule has 8 nitrogen and oxygen atoms in total. The normalized spacial score (nSPS) is 11.2. The number of rotatable bonds is 3. The number of benzene rings is 1. The lowest BCUT2D eigenvalue weighted by Gasteiger charge is -2.01. The topological polar surface area (TPSA) is 91.6 Å². The maximum absolute atomic E-state index is 12.4. The second-order valence-corrected chi connectivity index (χ2v) is 6.12. The molecular formula is C15H11BrN6O2. The van der Waals surface area contributed by atoms with E-state index in [1.54, 1.807) is 11.7 Å². The second kappa shape index (κ2) is 5.68. The van der Waals surface area contributed by atoms with Gasteiger partial charge in [-0.1, -0.05) is 33.2 Å². The average Bonchev–Trinajstić information content (AvgIpc) is 3.18. The molecule has 0 aliphatic carbocycles. The second-order valence-electron chi connectivity index (χ2n) is 5.21. The fraction of sp³-hybridized carbons (Fsp3) is 0.133. The summed E-state index contributed by atoms with van der Waals surface area (Å²) >= 11 is 3.41. The third-order valence-electron chi connectivity index (χ3n) is 3.57. The van der Waals surface area contributed by atoms with Gasteiger partial charge in [0, 0.05) is 17.1 Å². The average molecular weight is 387 g/mol. The smallest absolute Gasteiger partial charge is 0.264 e. The zero-order chi connectivity index (χ0) is 16.7. The van der Waals surface area contributed by atoms with Crippen LogP contribution in [0.4, 0.5) is 0 Å². The molecule has 0 spiro atoms. The number of nitrogens with zero attached hydrogens (tertiary/aromatic N) is 6. The number of hydrogen-bond acceptors (Lipinski definition) is 6. The Morgan fingerprint density at radius 2 is 2.21 bits per heavy atom. The highest BCUT2D eigenvalue weighted by molar-refractivity contribution is 9.10. The van der Waals surface area contributed by atoms with Crippen molar-refractivity contribution in [1.29, 1.82) is 0 Å². The highest BCUT2D eigenvalue weighted by atomic mass is 79.9. The first-order valence-corrected chi connectivity index (χ1v) is 7.87. The van der Waals surface area contributed by atoms with Gasteiger partial charge in [-0.25, -0.2) is 4.98 Å². The fourth-order valence-electron chi connectivity index (χ4n) is 2.39. The van der Waals surface area contributed by atoms with E-state index in [9.17, 15) is 4.79 Å². The van der Waals surface area contributed by atoms with Crippen molar-refractivity contribution in [3.63, 3.8) is 0 Å². The van der Waals surface area contributed by atoms with Gasteiger partial charge >= 0.3 is 0 Å².